The number of hydrogen-bond acceptors (Lipinski definition) is 2. The lowest BCUT2D eigenvalue weighted by molar-refractivity contribution is -0.137. The second-order valence-electron chi connectivity index (χ2n) is 3.85. The zero-order valence-corrected chi connectivity index (χ0v) is 8.23. The van der Waals surface area contributed by atoms with Crippen molar-refractivity contribution >= 4 is 5.97 Å². The molecule has 0 radical (unpaired) electrons. The third-order valence-corrected chi connectivity index (χ3v) is 2.54. The fraction of sp³-hybridized carbons (Fsp3) is 0.700. The molecular formula is C10H17NO2. The van der Waals surface area contributed by atoms with Crippen LogP contribution < -0.4 is 0 Å². The van der Waals surface area contributed by atoms with Gasteiger partial charge in [-0.05, 0) is 32.9 Å². The van der Waals surface area contributed by atoms with Crippen molar-refractivity contribution in [1.82, 2.24) is 4.90 Å². The van der Waals surface area contributed by atoms with Crippen LogP contribution >= 0.6 is 0 Å². The SMILES string of the molecule is CN(C)C1C=CC(CC(=O)O)CC1. The molecule has 0 heterocycles. The molecule has 1 rings (SSSR count). The predicted molar refractivity (Wildman–Crippen MR) is 51.6 cm³/mol. The van der Waals surface area contributed by atoms with Gasteiger partial charge in [0, 0.05) is 6.04 Å². The average molecular weight is 183 g/mol. The molecule has 1 aliphatic rings. The van der Waals surface area contributed by atoms with Gasteiger partial charge in [-0.15, -0.1) is 0 Å². The highest BCUT2D eigenvalue weighted by Crippen LogP contribution is 2.22. The van der Waals surface area contributed by atoms with Crippen molar-refractivity contribution in [1.29, 1.82) is 0 Å². The van der Waals surface area contributed by atoms with E-state index < -0.39 is 5.97 Å². The van der Waals surface area contributed by atoms with E-state index in [2.05, 4.69) is 11.0 Å². The van der Waals surface area contributed by atoms with Crippen LogP contribution in [0.2, 0.25) is 0 Å². The number of rotatable bonds is 3. The summed E-state index contributed by atoms with van der Waals surface area (Å²) in [6.07, 6.45) is 6.50. The van der Waals surface area contributed by atoms with Crippen LogP contribution in [-0.4, -0.2) is 36.1 Å². The first-order chi connectivity index (χ1) is 6.09. The molecule has 0 aromatic carbocycles. The minimum absolute atomic E-state index is 0.244. The van der Waals surface area contributed by atoms with E-state index in [1.165, 1.54) is 0 Å². The molecule has 1 aliphatic carbocycles. The number of likely N-dealkylation sites (N-methyl/N-ethyl adjacent to an activating group) is 1. The van der Waals surface area contributed by atoms with Crippen LogP contribution in [0.15, 0.2) is 12.2 Å². The Kier molecular flexibility index (Phi) is 3.48. The first-order valence-electron chi connectivity index (χ1n) is 4.66. The molecular weight excluding hydrogens is 166 g/mol. The zero-order valence-electron chi connectivity index (χ0n) is 8.23. The summed E-state index contributed by atoms with van der Waals surface area (Å²) in [7, 11) is 4.10. The lowest BCUT2D eigenvalue weighted by Gasteiger charge is -2.26. The topological polar surface area (TPSA) is 40.5 Å². The quantitative estimate of drug-likeness (QED) is 0.671. The van der Waals surface area contributed by atoms with E-state index in [0.717, 1.165) is 12.8 Å². The fourth-order valence-corrected chi connectivity index (χ4v) is 1.69. The van der Waals surface area contributed by atoms with Gasteiger partial charge in [0.05, 0.1) is 6.42 Å². The van der Waals surface area contributed by atoms with Gasteiger partial charge in [0.15, 0.2) is 0 Å². The van der Waals surface area contributed by atoms with Crippen LogP contribution in [-0.2, 0) is 4.79 Å². The number of carbonyl (C=O) groups is 1. The Bertz CT molecular complexity index is 211. The van der Waals surface area contributed by atoms with Crippen LogP contribution in [0.1, 0.15) is 19.3 Å². The Morgan fingerprint density at radius 3 is 2.54 bits per heavy atom. The Morgan fingerprint density at radius 2 is 2.15 bits per heavy atom. The molecule has 1 N–H and O–H groups in total. The van der Waals surface area contributed by atoms with Gasteiger partial charge in [-0.1, -0.05) is 12.2 Å². The van der Waals surface area contributed by atoms with Gasteiger partial charge >= 0.3 is 5.97 Å². The maximum atomic E-state index is 10.4. The number of hydrogen-bond donors (Lipinski definition) is 1. The summed E-state index contributed by atoms with van der Waals surface area (Å²) in [5.41, 5.74) is 0. The normalized spacial score (nSPS) is 27.9. The first-order valence-corrected chi connectivity index (χ1v) is 4.66. The summed E-state index contributed by atoms with van der Waals surface area (Å²) >= 11 is 0. The van der Waals surface area contributed by atoms with E-state index in [1.54, 1.807) is 0 Å². The molecule has 0 aliphatic heterocycles. The zero-order chi connectivity index (χ0) is 9.84. The van der Waals surface area contributed by atoms with Gasteiger partial charge in [0.25, 0.3) is 0 Å². The maximum Gasteiger partial charge on any atom is 0.303 e. The summed E-state index contributed by atoms with van der Waals surface area (Å²) in [5.74, 6) is -0.452. The predicted octanol–water partition coefficient (Wildman–Crippen LogP) is 1.36. The highest BCUT2D eigenvalue weighted by molar-refractivity contribution is 5.67. The average Bonchev–Trinajstić information content (AvgIpc) is 2.04. The number of nitrogens with zero attached hydrogens (tertiary/aromatic N) is 1. The van der Waals surface area contributed by atoms with E-state index >= 15 is 0 Å². The highest BCUT2D eigenvalue weighted by atomic mass is 16.4. The summed E-state index contributed by atoms with van der Waals surface area (Å²) in [6, 6.07) is 0.491. The third-order valence-electron chi connectivity index (χ3n) is 2.54. The van der Waals surface area contributed by atoms with Crippen molar-refractivity contribution < 1.29 is 9.90 Å². The minimum atomic E-state index is -0.696. The Balaban J connectivity index is 2.42. The smallest absolute Gasteiger partial charge is 0.303 e. The second kappa shape index (κ2) is 4.42. The Labute approximate surface area is 79.0 Å². The molecule has 0 aromatic rings. The summed E-state index contributed by atoms with van der Waals surface area (Å²) in [4.78, 5) is 12.6. The number of carboxylic acids is 1. The van der Waals surface area contributed by atoms with Gasteiger partial charge in [-0.25, -0.2) is 0 Å². The maximum absolute atomic E-state index is 10.4. The molecule has 0 amide bonds. The lowest BCUT2D eigenvalue weighted by Crippen LogP contribution is -2.29. The molecule has 0 fully saturated rings. The van der Waals surface area contributed by atoms with Crippen LogP contribution in [0, 0.1) is 5.92 Å². The van der Waals surface area contributed by atoms with E-state index in [9.17, 15) is 4.79 Å². The van der Waals surface area contributed by atoms with Gasteiger partial charge in [-0.2, -0.15) is 0 Å². The van der Waals surface area contributed by atoms with Crippen molar-refractivity contribution in [2.24, 2.45) is 5.92 Å². The fourth-order valence-electron chi connectivity index (χ4n) is 1.69. The molecule has 2 unspecified atom stereocenters. The number of allylic oxidation sites excluding steroid dienone is 1. The largest absolute Gasteiger partial charge is 0.481 e. The van der Waals surface area contributed by atoms with E-state index in [0.29, 0.717) is 6.04 Å². The van der Waals surface area contributed by atoms with Crippen molar-refractivity contribution in [3.8, 4) is 0 Å². The Hall–Kier alpha value is -0.830. The Morgan fingerprint density at radius 1 is 1.46 bits per heavy atom. The highest BCUT2D eigenvalue weighted by Gasteiger charge is 2.18. The number of carboxylic acid groups (broad SMARTS) is 1. The monoisotopic (exact) mass is 183 g/mol. The second-order valence-corrected chi connectivity index (χ2v) is 3.85. The molecule has 74 valence electrons. The molecule has 13 heavy (non-hydrogen) atoms. The molecule has 2 atom stereocenters. The van der Waals surface area contributed by atoms with Gasteiger partial charge in [0.1, 0.15) is 0 Å². The molecule has 0 bridgehead atoms. The molecule has 0 saturated heterocycles. The molecule has 3 heteroatoms. The molecule has 3 nitrogen and oxygen atoms in total. The molecule has 0 aromatic heterocycles. The van der Waals surface area contributed by atoms with E-state index in [-0.39, 0.29) is 12.3 Å². The first kappa shape index (κ1) is 10.3. The third kappa shape index (κ3) is 3.19. The van der Waals surface area contributed by atoms with Crippen molar-refractivity contribution in [2.45, 2.75) is 25.3 Å². The standard InChI is InChI=1S/C10H17NO2/c1-11(2)9-5-3-8(4-6-9)7-10(12)13/h3,5,8-9H,4,6-7H2,1-2H3,(H,12,13). The summed E-state index contributed by atoms with van der Waals surface area (Å²) in [6.45, 7) is 0. The van der Waals surface area contributed by atoms with Crippen molar-refractivity contribution in [3.05, 3.63) is 12.2 Å². The van der Waals surface area contributed by atoms with Crippen LogP contribution in [0.5, 0.6) is 0 Å². The number of aliphatic carboxylic acids is 1. The lowest BCUT2D eigenvalue weighted by atomic mass is 9.90. The van der Waals surface area contributed by atoms with Crippen LogP contribution in [0.4, 0.5) is 0 Å². The summed E-state index contributed by atoms with van der Waals surface area (Å²) in [5, 5.41) is 8.60. The van der Waals surface area contributed by atoms with Crippen molar-refractivity contribution in [3.63, 3.8) is 0 Å². The van der Waals surface area contributed by atoms with Crippen LogP contribution in [0.25, 0.3) is 0 Å². The molecule has 0 spiro atoms. The van der Waals surface area contributed by atoms with Crippen molar-refractivity contribution in [2.75, 3.05) is 14.1 Å². The summed E-state index contributed by atoms with van der Waals surface area (Å²) < 4.78 is 0. The van der Waals surface area contributed by atoms with Gasteiger partial charge in [0.2, 0.25) is 0 Å². The molecule has 0 saturated carbocycles. The van der Waals surface area contributed by atoms with Gasteiger partial charge in [-0.3, -0.25) is 4.79 Å². The van der Waals surface area contributed by atoms with E-state index in [1.807, 2.05) is 20.2 Å². The minimum Gasteiger partial charge on any atom is -0.481 e. The van der Waals surface area contributed by atoms with E-state index in [4.69, 9.17) is 5.11 Å². The van der Waals surface area contributed by atoms with Crippen LogP contribution in [0.3, 0.4) is 0 Å². The van der Waals surface area contributed by atoms with Gasteiger partial charge < -0.3 is 10.0 Å².